The molecule has 1 aromatic heterocycles. The summed E-state index contributed by atoms with van der Waals surface area (Å²) in [5.41, 5.74) is 1.04. The van der Waals surface area contributed by atoms with Gasteiger partial charge >= 0.3 is 0 Å². The van der Waals surface area contributed by atoms with Crippen molar-refractivity contribution in [3.05, 3.63) is 6.33 Å². The van der Waals surface area contributed by atoms with E-state index >= 15 is 0 Å². The normalized spacial score (nSPS) is 11.3. The minimum absolute atomic E-state index is 0.807. The molecule has 0 aliphatic rings. The number of aromatic nitrogens is 3. The van der Waals surface area contributed by atoms with Crippen LogP contribution < -0.4 is 5.57 Å². The third kappa shape index (κ3) is 2.44. The third-order valence-electron chi connectivity index (χ3n) is 1.24. The Labute approximate surface area is 62.4 Å². The molecule has 0 bridgehead atoms. The Morgan fingerprint density at radius 2 is 2.60 bits per heavy atom. The van der Waals surface area contributed by atoms with Crippen LogP contribution in [-0.4, -0.2) is 21.3 Å². The molecule has 1 rings (SSSR count). The van der Waals surface area contributed by atoms with E-state index in [0.29, 0.717) is 0 Å². The fourth-order valence-electron chi connectivity index (χ4n) is 0.674. The predicted octanol–water partition coefficient (Wildman–Crippen LogP) is 0.909. The number of nitrogens with zero attached hydrogens (tertiary/aromatic N) is 2. The van der Waals surface area contributed by atoms with Gasteiger partial charge in [-0.15, -0.1) is 0 Å². The van der Waals surface area contributed by atoms with E-state index in [1.54, 1.807) is 6.33 Å². The summed E-state index contributed by atoms with van der Waals surface area (Å²) >= 11 is 0. The number of hydrogen-bond acceptors (Lipinski definition) is 2. The highest BCUT2D eigenvalue weighted by Crippen LogP contribution is 2.08. The van der Waals surface area contributed by atoms with E-state index < -0.39 is 0 Å². The molecule has 1 unspecified atom stereocenters. The van der Waals surface area contributed by atoms with E-state index in [1.165, 1.54) is 19.0 Å². The second-order valence-corrected chi connectivity index (χ2v) is 3.44. The van der Waals surface area contributed by atoms with Crippen LogP contribution in [0.1, 0.15) is 19.8 Å². The van der Waals surface area contributed by atoms with Crippen LogP contribution in [0.5, 0.6) is 0 Å². The minimum Gasteiger partial charge on any atom is -0.260 e. The highest BCUT2D eigenvalue weighted by atomic mass is 31.1. The molecular formula is C6H12N3P. The fraction of sp³-hybridized carbons (Fsp3) is 0.667. The minimum atomic E-state index is 0.807. The Balaban J connectivity index is 2.15. The van der Waals surface area contributed by atoms with Gasteiger partial charge in [0.1, 0.15) is 11.9 Å². The molecular weight excluding hydrogens is 145 g/mol. The predicted molar refractivity (Wildman–Crippen MR) is 44.1 cm³/mol. The number of nitrogens with one attached hydrogen (secondary N) is 1. The summed E-state index contributed by atoms with van der Waals surface area (Å²) in [7, 11) is 0.807. The van der Waals surface area contributed by atoms with Crippen molar-refractivity contribution < 1.29 is 0 Å². The van der Waals surface area contributed by atoms with Crippen molar-refractivity contribution >= 4 is 14.1 Å². The molecule has 0 saturated heterocycles. The Morgan fingerprint density at radius 1 is 1.70 bits per heavy atom. The maximum absolute atomic E-state index is 4.03. The standard InChI is InChI=1S/C6H12N3P/c1-2-3-4-10-6-7-5-8-9-6/h5,10H,2-4H2,1H3,(H,7,8,9). The first-order valence-corrected chi connectivity index (χ1v) is 4.73. The van der Waals surface area contributed by atoms with E-state index in [0.717, 1.165) is 14.1 Å². The van der Waals surface area contributed by atoms with Crippen LogP contribution in [0.4, 0.5) is 0 Å². The molecule has 1 aromatic rings. The second kappa shape index (κ2) is 4.40. The van der Waals surface area contributed by atoms with Gasteiger partial charge in [0.25, 0.3) is 0 Å². The molecule has 0 saturated carbocycles. The summed E-state index contributed by atoms with van der Waals surface area (Å²) in [6, 6.07) is 0. The molecule has 1 N–H and O–H groups in total. The van der Waals surface area contributed by atoms with E-state index in [9.17, 15) is 0 Å². The van der Waals surface area contributed by atoms with Gasteiger partial charge in [0.05, 0.1) is 0 Å². The lowest BCUT2D eigenvalue weighted by molar-refractivity contribution is 0.895. The smallest absolute Gasteiger partial charge is 0.143 e. The van der Waals surface area contributed by atoms with Crippen LogP contribution in [0.3, 0.4) is 0 Å². The summed E-state index contributed by atoms with van der Waals surface area (Å²) in [6.07, 6.45) is 5.36. The van der Waals surface area contributed by atoms with Gasteiger partial charge in [-0.25, -0.2) is 4.98 Å². The van der Waals surface area contributed by atoms with Crippen molar-refractivity contribution in [3.8, 4) is 0 Å². The van der Waals surface area contributed by atoms with Crippen LogP contribution >= 0.6 is 8.58 Å². The largest absolute Gasteiger partial charge is 0.260 e. The quantitative estimate of drug-likeness (QED) is 0.521. The second-order valence-electron chi connectivity index (χ2n) is 2.11. The van der Waals surface area contributed by atoms with Crippen LogP contribution in [0, 0.1) is 0 Å². The van der Waals surface area contributed by atoms with E-state index in [4.69, 9.17) is 0 Å². The zero-order chi connectivity index (χ0) is 7.23. The molecule has 56 valence electrons. The fourth-order valence-corrected chi connectivity index (χ4v) is 1.73. The summed E-state index contributed by atoms with van der Waals surface area (Å²) < 4.78 is 0. The first-order valence-electron chi connectivity index (χ1n) is 3.52. The molecule has 10 heavy (non-hydrogen) atoms. The third-order valence-corrected chi connectivity index (χ3v) is 2.42. The first-order chi connectivity index (χ1) is 4.93. The molecule has 0 aromatic carbocycles. The molecule has 1 heterocycles. The highest BCUT2D eigenvalue weighted by molar-refractivity contribution is 7.46. The summed E-state index contributed by atoms with van der Waals surface area (Å²) in [4.78, 5) is 4.03. The van der Waals surface area contributed by atoms with Crippen LogP contribution in [0.2, 0.25) is 0 Å². The average Bonchev–Trinajstić information content (AvgIpc) is 2.41. The zero-order valence-electron chi connectivity index (χ0n) is 6.09. The summed E-state index contributed by atoms with van der Waals surface area (Å²) in [6.45, 7) is 2.20. The van der Waals surface area contributed by atoms with Crippen LogP contribution in [0.25, 0.3) is 0 Å². The summed E-state index contributed by atoms with van der Waals surface area (Å²) in [5.74, 6) is 0. The van der Waals surface area contributed by atoms with Gasteiger partial charge in [-0.2, -0.15) is 5.10 Å². The number of aromatic amines is 1. The number of rotatable bonds is 4. The Kier molecular flexibility index (Phi) is 3.37. The van der Waals surface area contributed by atoms with Gasteiger partial charge in [0, 0.05) is 0 Å². The average molecular weight is 157 g/mol. The van der Waals surface area contributed by atoms with Crippen LogP contribution in [0.15, 0.2) is 6.33 Å². The molecule has 0 amide bonds. The molecule has 0 fully saturated rings. The Morgan fingerprint density at radius 3 is 3.20 bits per heavy atom. The SMILES string of the molecule is CCCCPc1ncn[nH]1. The topological polar surface area (TPSA) is 41.6 Å². The highest BCUT2D eigenvalue weighted by Gasteiger charge is 1.92. The van der Waals surface area contributed by atoms with Crippen molar-refractivity contribution in [2.75, 3.05) is 6.16 Å². The van der Waals surface area contributed by atoms with Gasteiger partial charge in [0.2, 0.25) is 0 Å². The van der Waals surface area contributed by atoms with Gasteiger partial charge in [-0.3, -0.25) is 5.10 Å². The lowest BCUT2D eigenvalue weighted by Crippen LogP contribution is -1.99. The molecule has 1 atom stereocenters. The van der Waals surface area contributed by atoms with Crippen molar-refractivity contribution in [1.82, 2.24) is 15.2 Å². The van der Waals surface area contributed by atoms with Crippen molar-refractivity contribution in [2.24, 2.45) is 0 Å². The molecule has 0 aliphatic heterocycles. The number of hydrogen-bond donors (Lipinski definition) is 1. The maximum Gasteiger partial charge on any atom is 0.143 e. The lowest BCUT2D eigenvalue weighted by Gasteiger charge is -1.92. The van der Waals surface area contributed by atoms with E-state index in [1.807, 2.05) is 0 Å². The van der Waals surface area contributed by atoms with Crippen LogP contribution in [-0.2, 0) is 0 Å². The van der Waals surface area contributed by atoms with Crippen molar-refractivity contribution in [2.45, 2.75) is 19.8 Å². The molecule has 4 heteroatoms. The first kappa shape index (κ1) is 7.67. The monoisotopic (exact) mass is 157 g/mol. The zero-order valence-corrected chi connectivity index (χ0v) is 7.09. The van der Waals surface area contributed by atoms with E-state index in [2.05, 4.69) is 22.1 Å². The van der Waals surface area contributed by atoms with E-state index in [-0.39, 0.29) is 0 Å². The van der Waals surface area contributed by atoms with Gasteiger partial charge < -0.3 is 0 Å². The number of unbranched alkanes of at least 4 members (excludes halogenated alkanes) is 1. The summed E-state index contributed by atoms with van der Waals surface area (Å²) in [5, 5.41) is 6.62. The van der Waals surface area contributed by atoms with Gasteiger partial charge in [0.15, 0.2) is 0 Å². The molecule has 0 spiro atoms. The lowest BCUT2D eigenvalue weighted by atomic mass is 10.4. The molecule has 3 nitrogen and oxygen atoms in total. The molecule has 0 radical (unpaired) electrons. The Bertz CT molecular complexity index is 162. The van der Waals surface area contributed by atoms with Crippen molar-refractivity contribution in [3.63, 3.8) is 0 Å². The maximum atomic E-state index is 4.03. The van der Waals surface area contributed by atoms with Crippen molar-refractivity contribution in [1.29, 1.82) is 0 Å². The van der Waals surface area contributed by atoms with Gasteiger partial charge in [-0.1, -0.05) is 13.3 Å². The molecule has 0 aliphatic carbocycles. The number of H-pyrrole nitrogens is 1. The Hall–Kier alpha value is -0.430. The van der Waals surface area contributed by atoms with Gasteiger partial charge in [-0.05, 0) is 21.2 Å².